The fourth-order valence-electron chi connectivity index (χ4n) is 2.70. The first kappa shape index (κ1) is 18.6. The van der Waals surface area contributed by atoms with Crippen molar-refractivity contribution in [2.24, 2.45) is 0 Å². The second-order valence-electron chi connectivity index (χ2n) is 6.10. The normalized spacial score (nSPS) is 15.1. The molecule has 1 fully saturated rings. The van der Waals surface area contributed by atoms with Gasteiger partial charge in [-0.1, -0.05) is 18.2 Å². The zero-order chi connectivity index (χ0) is 19.1. The minimum Gasteiger partial charge on any atom is -0.479 e. The average Bonchev–Trinajstić information content (AvgIpc) is 2.73. The van der Waals surface area contributed by atoms with E-state index < -0.39 is 12.1 Å². The van der Waals surface area contributed by atoms with Crippen LogP contribution < -0.4 is 9.64 Å². The van der Waals surface area contributed by atoms with Crippen LogP contribution in [0.2, 0.25) is 0 Å². The molecule has 27 heavy (non-hydrogen) atoms. The molecule has 142 valence electrons. The predicted molar refractivity (Wildman–Crippen MR) is 98.3 cm³/mol. The maximum Gasteiger partial charge on any atom is 0.347 e. The van der Waals surface area contributed by atoms with Gasteiger partial charge in [-0.15, -0.1) is 0 Å². The quantitative estimate of drug-likeness (QED) is 0.705. The first-order valence-corrected chi connectivity index (χ1v) is 8.81. The summed E-state index contributed by atoms with van der Waals surface area (Å²) in [6.07, 6.45) is 2.60. The minimum absolute atomic E-state index is 0.219. The van der Waals surface area contributed by atoms with Crippen LogP contribution in [0.1, 0.15) is 6.92 Å². The van der Waals surface area contributed by atoms with E-state index in [1.165, 1.54) is 0 Å². The van der Waals surface area contributed by atoms with Crippen LogP contribution in [-0.2, 0) is 14.3 Å². The summed E-state index contributed by atoms with van der Waals surface area (Å²) in [6, 6.07) is 10.8. The maximum atomic E-state index is 12.3. The molecule has 0 saturated carbocycles. The van der Waals surface area contributed by atoms with Crippen LogP contribution in [0, 0.1) is 0 Å². The van der Waals surface area contributed by atoms with Crippen molar-refractivity contribution >= 4 is 17.8 Å². The van der Waals surface area contributed by atoms with Crippen LogP contribution in [0.3, 0.4) is 0 Å². The summed E-state index contributed by atoms with van der Waals surface area (Å²) in [5.74, 6) is 0.447. The molecule has 1 saturated heterocycles. The lowest BCUT2D eigenvalue weighted by Crippen LogP contribution is -2.50. The van der Waals surface area contributed by atoms with E-state index >= 15 is 0 Å². The molecule has 1 aliphatic rings. The number of para-hydroxylation sites is 1. The summed E-state index contributed by atoms with van der Waals surface area (Å²) in [4.78, 5) is 36.4. The van der Waals surface area contributed by atoms with E-state index in [1.54, 1.807) is 42.4 Å². The number of carbonyl (C=O) groups is 2. The molecule has 8 heteroatoms. The van der Waals surface area contributed by atoms with Crippen molar-refractivity contribution in [1.82, 2.24) is 14.9 Å². The van der Waals surface area contributed by atoms with Gasteiger partial charge in [-0.05, 0) is 25.1 Å². The SMILES string of the molecule is C[C@@H](Oc1ccccc1)C(=O)OCC(=O)N1CCN(c2ncccn2)CC1. The number of hydrogen-bond donors (Lipinski definition) is 0. The van der Waals surface area contributed by atoms with Gasteiger partial charge >= 0.3 is 5.97 Å². The van der Waals surface area contributed by atoms with E-state index in [0.717, 1.165) is 0 Å². The third kappa shape index (κ3) is 5.16. The molecule has 8 nitrogen and oxygen atoms in total. The molecule has 2 aromatic rings. The topological polar surface area (TPSA) is 84.9 Å². The summed E-state index contributed by atoms with van der Waals surface area (Å²) in [7, 11) is 0. The Hall–Kier alpha value is -3.16. The van der Waals surface area contributed by atoms with Crippen LogP contribution in [0.15, 0.2) is 48.8 Å². The van der Waals surface area contributed by atoms with Crippen molar-refractivity contribution in [2.45, 2.75) is 13.0 Å². The summed E-state index contributed by atoms with van der Waals surface area (Å²) in [6.45, 7) is 3.64. The number of piperazine rings is 1. The van der Waals surface area contributed by atoms with Gasteiger partial charge in [0.1, 0.15) is 5.75 Å². The Bertz CT molecular complexity index is 749. The zero-order valence-corrected chi connectivity index (χ0v) is 15.2. The molecular weight excluding hydrogens is 348 g/mol. The van der Waals surface area contributed by atoms with E-state index in [0.29, 0.717) is 37.9 Å². The summed E-state index contributed by atoms with van der Waals surface area (Å²) < 4.78 is 10.6. The van der Waals surface area contributed by atoms with E-state index in [-0.39, 0.29) is 12.5 Å². The monoisotopic (exact) mass is 370 g/mol. The van der Waals surface area contributed by atoms with Crippen molar-refractivity contribution in [2.75, 3.05) is 37.7 Å². The van der Waals surface area contributed by atoms with Crippen LogP contribution in [-0.4, -0.2) is 65.6 Å². The lowest BCUT2D eigenvalue weighted by Gasteiger charge is -2.34. The van der Waals surface area contributed by atoms with Crippen molar-refractivity contribution in [3.63, 3.8) is 0 Å². The van der Waals surface area contributed by atoms with Gasteiger partial charge in [-0.3, -0.25) is 4.79 Å². The fourth-order valence-corrected chi connectivity index (χ4v) is 2.70. The molecule has 2 heterocycles. The highest BCUT2D eigenvalue weighted by atomic mass is 16.6. The first-order valence-electron chi connectivity index (χ1n) is 8.81. The number of hydrogen-bond acceptors (Lipinski definition) is 7. The minimum atomic E-state index is -0.785. The van der Waals surface area contributed by atoms with Crippen LogP contribution in [0.25, 0.3) is 0 Å². The molecule has 0 aliphatic carbocycles. The molecule has 1 aromatic heterocycles. The standard InChI is InChI=1S/C19H22N4O4/c1-15(27-16-6-3-2-4-7-16)18(25)26-14-17(24)22-10-12-23(13-11-22)19-20-8-5-9-21-19/h2-9,15H,10-14H2,1H3/t15-/m1/s1. The first-order chi connectivity index (χ1) is 13.1. The average molecular weight is 370 g/mol. The van der Waals surface area contributed by atoms with Gasteiger partial charge in [-0.25, -0.2) is 14.8 Å². The number of benzene rings is 1. The van der Waals surface area contributed by atoms with Gasteiger partial charge in [-0.2, -0.15) is 0 Å². The Morgan fingerprint density at radius 3 is 2.37 bits per heavy atom. The highest BCUT2D eigenvalue weighted by molar-refractivity contribution is 5.82. The Balaban J connectivity index is 1.41. The van der Waals surface area contributed by atoms with Crippen LogP contribution >= 0.6 is 0 Å². The lowest BCUT2D eigenvalue weighted by atomic mass is 10.3. The number of ether oxygens (including phenoxy) is 2. The molecule has 1 aromatic carbocycles. The van der Waals surface area contributed by atoms with E-state index in [2.05, 4.69) is 9.97 Å². The highest BCUT2D eigenvalue weighted by Crippen LogP contribution is 2.12. The summed E-state index contributed by atoms with van der Waals surface area (Å²) >= 11 is 0. The number of carbonyl (C=O) groups excluding carboxylic acids is 2. The molecule has 0 N–H and O–H groups in total. The highest BCUT2D eigenvalue weighted by Gasteiger charge is 2.24. The van der Waals surface area contributed by atoms with Crippen molar-refractivity contribution in [3.05, 3.63) is 48.8 Å². The molecule has 3 rings (SSSR count). The Labute approximate surface area is 157 Å². The molecule has 1 amide bonds. The third-order valence-corrected chi connectivity index (χ3v) is 4.19. The Morgan fingerprint density at radius 2 is 1.70 bits per heavy atom. The second kappa shape index (κ2) is 8.98. The molecular formula is C19H22N4O4. The number of nitrogens with zero attached hydrogens (tertiary/aromatic N) is 4. The van der Waals surface area contributed by atoms with Gasteiger partial charge in [0.25, 0.3) is 5.91 Å². The molecule has 1 aliphatic heterocycles. The summed E-state index contributed by atoms with van der Waals surface area (Å²) in [5, 5.41) is 0. The maximum absolute atomic E-state index is 12.3. The van der Waals surface area contributed by atoms with Crippen molar-refractivity contribution in [1.29, 1.82) is 0 Å². The molecule has 1 atom stereocenters. The molecule has 0 bridgehead atoms. The largest absolute Gasteiger partial charge is 0.479 e. The number of esters is 1. The van der Waals surface area contributed by atoms with Crippen molar-refractivity contribution < 1.29 is 19.1 Å². The van der Waals surface area contributed by atoms with E-state index in [9.17, 15) is 9.59 Å². The number of amides is 1. The van der Waals surface area contributed by atoms with Crippen LogP contribution in [0.5, 0.6) is 5.75 Å². The molecule has 0 unspecified atom stereocenters. The lowest BCUT2D eigenvalue weighted by molar-refractivity contribution is -0.157. The van der Waals surface area contributed by atoms with E-state index in [4.69, 9.17) is 9.47 Å². The Kier molecular flexibility index (Phi) is 6.19. The predicted octanol–water partition coefficient (Wildman–Crippen LogP) is 1.14. The van der Waals surface area contributed by atoms with E-state index in [1.807, 2.05) is 23.1 Å². The van der Waals surface area contributed by atoms with Gasteiger partial charge in [0.2, 0.25) is 5.95 Å². The van der Waals surface area contributed by atoms with Crippen molar-refractivity contribution in [3.8, 4) is 5.75 Å². The van der Waals surface area contributed by atoms with Gasteiger partial charge in [0, 0.05) is 38.6 Å². The fraction of sp³-hybridized carbons (Fsp3) is 0.368. The molecule has 0 radical (unpaired) electrons. The second-order valence-corrected chi connectivity index (χ2v) is 6.10. The summed E-state index contributed by atoms with van der Waals surface area (Å²) in [5.41, 5.74) is 0. The number of anilines is 1. The Morgan fingerprint density at radius 1 is 1.04 bits per heavy atom. The number of rotatable bonds is 6. The van der Waals surface area contributed by atoms with Gasteiger partial charge < -0.3 is 19.3 Å². The third-order valence-electron chi connectivity index (χ3n) is 4.19. The smallest absolute Gasteiger partial charge is 0.347 e. The molecule has 0 spiro atoms. The zero-order valence-electron chi connectivity index (χ0n) is 15.2. The van der Waals surface area contributed by atoms with Gasteiger partial charge in [0.05, 0.1) is 0 Å². The van der Waals surface area contributed by atoms with Gasteiger partial charge in [0.15, 0.2) is 12.7 Å². The van der Waals surface area contributed by atoms with Crippen LogP contribution in [0.4, 0.5) is 5.95 Å². The number of aromatic nitrogens is 2.